The molecule has 27 heavy (non-hydrogen) atoms. The first-order valence-corrected chi connectivity index (χ1v) is 9.61. The topological polar surface area (TPSA) is 77.4 Å². The van der Waals surface area contributed by atoms with E-state index in [1.54, 1.807) is 0 Å². The Labute approximate surface area is 159 Å². The average Bonchev–Trinajstić information content (AvgIpc) is 3.36. The molecule has 0 bridgehead atoms. The van der Waals surface area contributed by atoms with Gasteiger partial charge in [0.15, 0.2) is 0 Å². The zero-order valence-corrected chi connectivity index (χ0v) is 15.8. The van der Waals surface area contributed by atoms with Crippen LogP contribution in [-0.2, 0) is 16.0 Å². The van der Waals surface area contributed by atoms with Gasteiger partial charge in [-0.25, -0.2) is 10.4 Å². The predicted octanol–water partition coefficient (Wildman–Crippen LogP) is 1.94. The van der Waals surface area contributed by atoms with Crippen molar-refractivity contribution in [3.8, 4) is 5.75 Å². The van der Waals surface area contributed by atoms with Gasteiger partial charge >= 0.3 is 5.97 Å². The van der Waals surface area contributed by atoms with Crippen molar-refractivity contribution in [2.45, 2.75) is 44.7 Å². The number of carbonyl (C=O) groups is 1. The number of benzene rings is 1. The fraction of sp³-hybridized carbons (Fsp3) is 0.500. The molecule has 7 nitrogen and oxygen atoms in total. The second kappa shape index (κ2) is 7.70. The number of rotatable bonds is 5. The lowest BCUT2D eigenvalue weighted by atomic mass is 9.96. The standard InChI is InChI=1S/C20H26N4O3/c1-3-26-20(25)19-16(10-22-23-19)17-11-21-12-24(17)13(2)14-6-7-18-15(9-14)5-4-8-27-18/h6-7,9,11-13,16,19,22-23H,3-5,8,10H2,1-2H3. The quantitative estimate of drug-likeness (QED) is 0.784. The number of hydrogen-bond donors (Lipinski definition) is 2. The third-order valence-electron chi connectivity index (χ3n) is 5.43. The van der Waals surface area contributed by atoms with Gasteiger partial charge < -0.3 is 14.0 Å². The predicted molar refractivity (Wildman–Crippen MR) is 101 cm³/mol. The molecule has 1 saturated heterocycles. The van der Waals surface area contributed by atoms with Crippen LogP contribution in [0.15, 0.2) is 30.7 Å². The molecular weight excluding hydrogens is 344 g/mol. The number of fused-ring (bicyclic) bond motifs is 1. The van der Waals surface area contributed by atoms with Gasteiger partial charge in [0.1, 0.15) is 11.8 Å². The van der Waals surface area contributed by atoms with E-state index in [1.807, 2.05) is 19.4 Å². The maximum atomic E-state index is 12.3. The maximum Gasteiger partial charge on any atom is 0.325 e. The normalized spacial score (nSPS) is 22.7. The lowest BCUT2D eigenvalue weighted by molar-refractivity contribution is -0.145. The monoisotopic (exact) mass is 370 g/mol. The number of hydrazine groups is 1. The molecule has 0 spiro atoms. The Bertz CT molecular complexity index is 819. The summed E-state index contributed by atoms with van der Waals surface area (Å²) in [5.74, 6) is 0.725. The van der Waals surface area contributed by atoms with Crippen molar-refractivity contribution in [2.24, 2.45) is 0 Å². The summed E-state index contributed by atoms with van der Waals surface area (Å²) in [6.45, 7) is 5.80. The van der Waals surface area contributed by atoms with E-state index in [1.165, 1.54) is 11.1 Å². The molecule has 0 saturated carbocycles. The first kappa shape index (κ1) is 18.0. The Morgan fingerprint density at radius 1 is 1.48 bits per heavy atom. The second-order valence-corrected chi connectivity index (χ2v) is 7.08. The highest BCUT2D eigenvalue weighted by atomic mass is 16.5. The van der Waals surface area contributed by atoms with Crippen molar-refractivity contribution < 1.29 is 14.3 Å². The summed E-state index contributed by atoms with van der Waals surface area (Å²) in [6, 6.07) is 6.11. The number of carbonyl (C=O) groups excluding carboxylic acids is 1. The SMILES string of the molecule is CCOC(=O)C1NNCC1c1cncn1C(C)c1ccc2c(c1)CCCO2. The number of hydrogen-bond acceptors (Lipinski definition) is 6. The van der Waals surface area contributed by atoms with E-state index < -0.39 is 6.04 Å². The first-order chi connectivity index (χ1) is 13.2. The summed E-state index contributed by atoms with van der Waals surface area (Å²) in [5.41, 5.74) is 9.63. The van der Waals surface area contributed by atoms with Gasteiger partial charge in [0.05, 0.1) is 25.6 Å². The smallest absolute Gasteiger partial charge is 0.325 e. The molecule has 2 N–H and O–H groups in total. The molecule has 7 heteroatoms. The molecule has 0 aliphatic carbocycles. The molecule has 2 aliphatic heterocycles. The van der Waals surface area contributed by atoms with E-state index in [2.05, 4.69) is 45.5 Å². The van der Waals surface area contributed by atoms with Gasteiger partial charge in [-0.2, -0.15) is 0 Å². The number of esters is 1. The summed E-state index contributed by atoms with van der Waals surface area (Å²) in [7, 11) is 0. The Kier molecular flexibility index (Phi) is 5.13. The van der Waals surface area contributed by atoms with Gasteiger partial charge in [0, 0.05) is 24.4 Å². The van der Waals surface area contributed by atoms with Crippen LogP contribution in [0.1, 0.15) is 49.0 Å². The summed E-state index contributed by atoms with van der Waals surface area (Å²) >= 11 is 0. The highest BCUT2D eigenvalue weighted by molar-refractivity contribution is 5.77. The largest absolute Gasteiger partial charge is 0.493 e. The molecule has 3 heterocycles. The van der Waals surface area contributed by atoms with Gasteiger partial charge in [-0.05, 0) is 43.9 Å². The van der Waals surface area contributed by atoms with Crippen molar-refractivity contribution in [1.82, 2.24) is 20.4 Å². The third kappa shape index (κ3) is 3.44. The minimum Gasteiger partial charge on any atom is -0.493 e. The molecule has 4 rings (SSSR count). The molecule has 2 aliphatic rings. The van der Waals surface area contributed by atoms with E-state index in [0.29, 0.717) is 13.2 Å². The molecule has 1 aromatic carbocycles. The average molecular weight is 370 g/mol. The van der Waals surface area contributed by atoms with Crippen molar-refractivity contribution in [1.29, 1.82) is 0 Å². The van der Waals surface area contributed by atoms with Crippen LogP contribution < -0.4 is 15.6 Å². The Hall–Kier alpha value is -2.38. The van der Waals surface area contributed by atoms with Crippen LogP contribution in [0, 0.1) is 0 Å². The van der Waals surface area contributed by atoms with E-state index in [0.717, 1.165) is 30.9 Å². The van der Waals surface area contributed by atoms with Gasteiger partial charge in [0.2, 0.25) is 0 Å². The van der Waals surface area contributed by atoms with Crippen LogP contribution in [0.4, 0.5) is 0 Å². The van der Waals surface area contributed by atoms with Crippen molar-refractivity contribution >= 4 is 5.97 Å². The molecule has 3 unspecified atom stereocenters. The van der Waals surface area contributed by atoms with Crippen molar-refractivity contribution in [3.05, 3.63) is 47.5 Å². The van der Waals surface area contributed by atoms with Gasteiger partial charge in [-0.15, -0.1) is 0 Å². The number of nitrogens with zero attached hydrogens (tertiary/aromatic N) is 2. The van der Waals surface area contributed by atoms with Gasteiger partial charge in [0.25, 0.3) is 0 Å². The minimum absolute atomic E-state index is 0.0324. The molecule has 3 atom stereocenters. The second-order valence-electron chi connectivity index (χ2n) is 7.08. The van der Waals surface area contributed by atoms with E-state index in [9.17, 15) is 4.79 Å². The van der Waals surface area contributed by atoms with E-state index >= 15 is 0 Å². The molecular formula is C20H26N4O3. The number of nitrogens with one attached hydrogen (secondary N) is 2. The highest BCUT2D eigenvalue weighted by Gasteiger charge is 2.37. The zero-order valence-electron chi connectivity index (χ0n) is 15.8. The van der Waals surface area contributed by atoms with Crippen LogP contribution in [0.5, 0.6) is 5.75 Å². The number of ether oxygens (including phenoxy) is 2. The van der Waals surface area contributed by atoms with E-state index in [4.69, 9.17) is 9.47 Å². The van der Waals surface area contributed by atoms with Crippen LogP contribution in [-0.4, -0.2) is 41.3 Å². The van der Waals surface area contributed by atoms with Gasteiger partial charge in [-0.1, -0.05) is 12.1 Å². The highest BCUT2D eigenvalue weighted by Crippen LogP contribution is 2.32. The molecule has 0 amide bonds. The molecule has 1 fully saturated rings. The summed E-state index contributed by atoms with van der Waals surface area (Å²) < 4.78 is 13.1. The maximum absolute atomic E-state index is 12.3. The van der Waals surface area contributed by atoms with Gasteiger partial charge in [-0.3, -0.25) is 10.2 Å². The van der Waals surface area contributed by atoms with Crippen LogP contribution in [0.3, 0.4) is 0 Å². The van der Waals surface area contributed by atoms with E-state index in [-0.39, 0.29) is 17.9 Å². The number of aryl methyl sites for hydroxylation is 1. The van der Waals surface area contributed by atoms with Crippen LogP contribution in [0.25, 0.3) is 0 Å². The molecule has 1 aromatic heterocycles. The summed E-state index contributed by atoms with van der Waals surface area (Å²) in [5, 5.41) is 0. The first-order valence-electron chi connectivity index (χ1n) is 9.61. The lowest BCUT2D eigenvalue weighted by Crippen LogP contribution is -2.39. The Morgan fingerprint density at radius 2 is 2.37 bits per heavy atom. The minimum atomic E-state index is -0.412. The number of aromatic nitrogens is 2. The Balaban J connectivity index is 1.60. The summed E-state index contributed by atoms with van der Waals surface area (Å²) in [4.78, 5) is 16.7. The molecule has 2 aromatic rings. The molecule has 144 valence electrons. The third-order valence-corrected chi connectivity index (χ3v) is 5.43. The zero-order chi connectivity index (χ0) is 18.8. The summed E-state index contributed by atoms with van der Waals surface area (Å²) in [6.07, 6.45) is 5.80. The van der Waals surface area contributed by atoms with Crippen LogP contribution >= 0.6 is 0 Å². The van der Waals surface area contributed by atoms with Crippen LogP contribution in [0.2, 0.25) is 0 Å². The lowest BCUT2D eigenvalue weighted by Gasteiger charge is -2.24. The fourth-order valence-corrected chi connectivity index (χ4v) is 3.95. The molecule has 0 radical (unpaired) electrons. The number of imidazole rings is 1. The van der Waals surface area contributed by atoms with Crippen molar-refractivity contribution in [2.75, 3.05) is 19.8 Å². The fourth-order valence-electron chi connectivity index (χ4n) is 3.95. The van der Waals surface area contributed by atoms with Crippen molar-refractivity contribution in [3.63, 3.8) is 0 Å². The Morgan fingerprint density at radius 3 is 3.22 bits per heavy atom.